The molecule has 104 valence electrons. The van der Waals surface area contributed by atoms with E-state index in [1.165, 1.54) is 25.7 Å². The van der Waals surface area contributed by atoms with Crippen LogP contribution in [-0.4, -0.2) is 11.5 Å². The van der Waals surface area contributed by atoms with Crippen molar-refractivity contribution in [2.75, 3.05) is 11.9 Å². The van der Waals surface area contributed by atoms with Crippen LogP contribution in [0.2, 0.25) is 5.15 Å². The normalized spacial score (nSPS) is 11.1. The maximum atomic E-state index is 8.89. The van der Waals surface area contributed by atoms with Gasteiger partial charge in [-0.15, -0.1) is 0 Å². The number of rotatable bonds is 7. The van der Waals surface area contributed by atoms with Crippen LogP contribution >= 0.6 is 11.6 Å². The highest BCUT2D eigenvalue weighted by atomic mass is 35.5. The summed E-state index contributed by atoms with van der Waals surface area (Å²) in [4.78, 5) is 4.18. The predicted molar refractivity (Wildman–Crippen MR) is 80.4 cm³/mol. The number of nitrogens with one attached hydrogen (secondary N) is 1. The van der Waals surface area contributed by atoms with Gasteiger partial charge in [-0.1, -0.05) is 51.6 Å². The number of aromatic nitrogens is 1. The first-order valence-corrected chi connectivity index (χ1v) is 7.16. The van der Waals surface area contributed by atoms with Crippen molar-refractivity contribution in [1.82, 2.24) is 4.98 Å². The highest BCUT2D eigenvalue weighted by molar-refractivity contribution is 6.29. The molecule has 0 atom stereocenters. The first kappa shape index (κ1) is 15.8. The third-order valence-corrected chi connectivity index (χ3v) is 3.32. The van der Waals surface area contributed by atoms with Gasteiger partial charge in [-0.3, -0.25) is 0 Å². The van der Waals surface area contributed by atoms with Crippen LogP contribution < -0.4 is 5.32 Å². The van der Waals surface area contributed by atoms with Gasteiger partial charge in [0.15, 0.2) is 0 Å². The Bertz CT molecular complexity index is 449. The second kappa shape index (κ2) is 7.35. The SMILES string of the molecule is CCCCCC(C)(C)CNc1cc(C#N)cc(Cl)n1. The fourth-order valence-electron chi connectivity index (χ4n) is 1.92. The Balaban J connectivity index is 2.56. The van der Waals surface area contributed by atoms with Crippen molar-refractivity contribution in [3.8, 4) is 6.07 Å². The maximum Gasteiger partial charge on any atom is 0.132 e. The third kappa shape index (κ3) is 5.94. The van der Waals surface area contributed by atoms with Gasteiger partial charge in [-0.2, -0.15) is 5.26 Å². The topological polar surface area (TPSA) is 48.7 Å². The van der Waals surface area contributed by atoms with Gasteiger partial charge >= 0.3 is 0 Å². The van der Waals surface area contributed by atoms with Crippen LogP contribution in [0.15, 0.2) is 12.1 Å². The van der Waals surface area contributed by atoms with Crippen molar-refractivity contribution in [1.29, 1.82) is 5.26 Å². The zero-order valence-corrected chi connectivity index (χ0v) is 12.7. The van der Waals surface area contributed by atoms with E-state index in [1.807, 2.05) is 0 Å². The lowest BCUT2D eigenvalue weighted by Gasteiger charge is -2.25. The van der Waals surface area contributed by atoms with Crippen molar-refractivity contribution in [3.63, 3.8) is 0 Å². The van der Waals surface area contributed by atoms with E-state index in [0.29, 0.717) is 16.5 Å². The van der Waals surface area contributed by atoms with Gasteiger partial charge in [-0.25, -0.2) is 4.98 Å². The molecule has 0 spiro atoms. The van der Waals surface area contributed by atoms with Crippen LogP contribution in [0.25, 0.3) is 0 Å². The first-order chi connectivity index (χ1) is 8.96. The van der Waals surface area contributed by atoms with Crippen LogP contribution in [-0.2, 0) is 0 Å². The molecule has 0 aliphatic carbocycles. The maximum absolute atomic E-state index is 8.89. The molecule has 0 aromatic carbocycles. The van der Waals surface area contributed by atoms with Gasteiger partial charge in [0, 0.05) is 6.54 Å². The Morgan fingerprint density at radius 3 is 2.74 bits per heavy atom. The van der Waals surface area contributed by atoms with Gasteiger partial charge in [-0.05, 0) is 24.0 Å². The molecule has 0 aliphatic rings. The number of halogens is 1. The third-order valence-electron chi connectivity index (χ3n) is 3.13. The molecule has 1 heterocycles. The molecular formula is C15H22ClN3. The molecule has 0 aliphatic heterocycles. The quantitative estimate of drug-likeness (QED) is 0.585. The van der Waals surface area contributed by atoms with E-state index in [0.717, 1.165) is 6.54 Å². The molecule has 0 fully saturated rings. The first-order valence-electron chi connectivity index (χ1n) is 6.78. The molecular weight excluding hydrogens is 258 g/mol. The number of pyridine rings is 1. The Morgan fingerprint density at radius 2 is 2.11 bits per heavy atom. The molecule has 1 aromatic rings. The molecule has 0 radical (unpaired) electrons. The van der Waals surface area contributed by atoms with Crippen molar-refractivity contribution >= 4 is 17.4 Å². The smallest absolute Gasteiger partial charge is 0.132 e. The van der Waals surface area contributed by atoms with Gasteiger partial charge in [0.25, 0.3) is 0 Å². The largest absolute Gasteiger partial charge is 0.369 e. The van der Waals surface area contributed by atoms with Crippen LogP contribution in [0.5, 0.6) is 0 Å². The highest BCUT2D eigenvalue weighted by Gasteiger charge is 2.17. The molecule has 1 aromatic heterocycles. The number of hydrogen-bond acceptors (Lipinski definition) is 3. The zero-order chi connectivity index (χ0) is 14.3. The lowest BCUT2D eigenvalue weighted by atomic mass is 9.87. The summed E-state index contributed by atoms with van der Waals surface area (Å²) in [5.74, 6) is 0.674. The lowest BCUT2D eigenvalue weighted by molar-refractivity contribution is 0.342. The lowest BCUT2D eigenvalue weighted by Crippen LogP contribution is -2.23. The average Bonchev–Trinajstić information content (AvgIpc) is 2.36. The minimum Gasteiger partial charge on any atom is -0.369 e. The van der Waals surface area contributed by atoms with E-state index in [9.17, 15) is 0 Å². The Hall–Kier alpha value is -1.27. The summed E-state index contributed by atoms with van der Waals surface area (Å²) in [6.45, 7) is 7.52. The second-order valence-electron chi connectivity index (χ2n) is 5.65. The fraction of sp³-hybridized carbons (Fsp3) is 0.600. The Labute approximate surface area is 121 Å². The zero-order valence-electron chi connectivity index (χ0n) is 12.0. The molecule has 0 amide bonds. The van der Waals surface area contributed by atoms with E-state index < -0.39 is 0 Å². The molecule has 4 heteroatoms. The molecule has 0 saturated heterocycles. The minimum atomic E-state index is 0.214. The molecule has 1 N–H and O–H groups in total. The summed E-state index contributed by atoms with van der Waals surface area (Å²) in [5.41, 5.74) is 0.748. The molecule has 0 saturated carbocycles. The van der Waals surface area contributed by atoms with Crippen LogP contribution in [0.3, 0.4) is 0 Å². The van der Waals surface area contributed by atoms with E-state index in [4.69, 9.17) is 16.9 Å². The minimum absolute atomic E-state index is 0.214. The summed E-state index contributed by atoms with van der Waals surface area (Å²) < 4.78 is 0. The molecule has 19 heavy (non-hydrogen) atoms. The van der Waals surface area contributed by atoms with E-state index in [1.54, 1.807) is 12.1 Å². The highest BCUT2D eigenvalue weighted by Crippen LogP contribution is 2.24. The summed E-state index contributed by atoms with van der Waals surface area (Å²) in [5, 5.41) is 12.5. The van der Waals surface area contributed by atoms with Gasteiger partial charge in [0.05, 0.1) is 11.6 Å². The molecule has 0 bridgehead atoms. The standard InChI is InChI=1S/C15H22ClN3/c1-4-5-6-7-15(2,3)11-18-14-9-12(10-17)8-13(16)19-14/h8-9H,4-7,11H2,1-3H3,(H,18,19). The molecule has 0 unspecified atom stereocenters. The van der Waals surface area contributed by atoms with Crippen LogP contribution in [0.4, 0.5) is 5.82 Å². The molecule has 1 rings (SSSR count). The van der Waals surface area contributed by atoms with Crippen molar-refractivity contribution in [2.24, 2.45) is 5.41 Å². The van der Waals surface area contributed by atoms with E-state index >= 15 is 0 Å². The van der Waals surface area contributed by atoms with E-state index in [-0.39, 0.29) is 5.41 Å². The summed E-state index contributed by atoms with van der Waals surface area (Å²) in [6, 6.07) is 5.38. The Kier molecular flexibility index (Phi) is 6.11. The second-order valence-corrected chi connectivity index (χ2v) is 6.04. The van der Waals surface area contributed by atoms with Crippen LogP contribution in [0.1, 0.15) is 52.0 Å². The fourth-order valence-corrected chi connectivity index (χ4v) is 2.13. The number of nitriles is 1. The number of nitrogens with zero attached hydrogens (tertiary/aromatic N) is 2. The van der Waals surface area contributed by atoms with Crippen molar-refractivity contribution in [3.05, 3.63) is 22.8 Å². The van der Waals surface area contributed by atoms with Gasteiger partial charge in [0.1, 0.15) is 11.0 Å². The summed E-state index contributed by atoms with van der Waals surface area (Å²) >= 11 is 5.88. The van der Waals surface area contributed by atoms with Gasteiger partial charge < -0.3 is 5.32 Å². The number of hydrogen-bond donors (Lipinski definition) is 1. The van der Waals surface area contributed by atoms with Crippen LogP contribution in [0, 0.1) is 16.7 Å². The van der Waals surface area contributed by atoms with Crippen molar-refractivity contribution < 1.29 is 0 Å². The average molecular weight is 280 g/mol. The predicted octanol–water partition coefficient (Wildman–Crippen LogP) is 4.63. The number of unbranched alkanes of at least 4 members (excludes halogenated alkanes) is 2. The van der Waals surface area contributed by atoms with Crippen molar-refractivity contribution in [2.45, 2.75) is 46.5 Å². The monoisotopic (exact) mass is 279 g/mol. The van der Waals surface area contributed by atoms with E-state index in [2.05, 4.69) is 37.1 Å². The summed E-state index contributed by atoms with van der Waals surface area (Å²) in [6.07, 6.45) is 4.94. The number of anilines is 1. The molecule has 3 nitrogen and oxygen atoms in total. The summed E-state index contributed by atoms with van der Waals surface area (Å²) in [7, 11) is 0. The van der Waals surface area contributed by atoms with Gasteiger partial charge in [0.2, 0.25) is 0 Å². The Morgan fingerprint density at radius 1 is 1.37 bits per heavy atom.